The Labute approximate surface area is 101 Å². The van der Waals surface area contributed by atoms with Crippen LogP contribution < -0.4 is 16.4 Å². The molecule has 0 aliphatic rings. The van der Waals surface area contributed by atoms with Crippen LogP contribution in [0.5, 0.6) is 0 Å². The number of hydrogen-bond acceptors (Lipinski definition) is 4. The molecule has 1 aromatic rings. The SMILES string of the molecule is CCC(O)CNc1ccc(C(=O)NC)cc1N. The van der Waals surface area contributed by atoms with Gasteiger partial charge in [0, 0.05) is 19.2 Å². The third-order valence-electron chi connectivity index (χ3n) is 2.54. The Morgan fingerprint density at radius 2 is 2.24 bits per heavy atom. The van der Waals surface area contributed by atoms with E-state index in [0.29, 0.717) is 24.2 Å². The maximum Gasteiger partial charge on any atom is 0.251 e. The van der Waals surface area contributed by atoms with Crippen molar-refractivity contribution in [2.24, 2.45) is 0 Å². The molecule has 5 heteroatoms. The number of hydrogen-bond donors (Lipinski definition) is 4. The fraction of sp³-hybridized carbons (Fsp3) is 0.417. The summed E-state index contributed by atoms with van der Waals surface area (Å²) in [4.78, 5) is 11.4. The van der Waals surface area contributed by atoms with Crippen molar-refractivity contribution in [2.45, 2.75) is 19.4 Å². The van der Waals surface area contributed by atoms with E-state index in [2.05, 4.69) is 10.6 Å². The molecule has 0 bridgehead atoms. The highest BCUT2D eigenvalue weighted by Crippen LogP contribution is 2.19. The summed E-state index contributed by atoms with van der Waals surface area (Å²) in [5.74, 6) is -0.170. The van der Waals surface area contributed by atoms with E-state index in [0.717, 1.165) is 5.69 Å². The number of amides is 1. The Hall–Kier alpha value is -1.75. The van der Waals surface area contributed by atoms with Crippen LogP contribution in [0.1, 0.15) is 23.7 Å². The third kappa shape index (κ3) is 3.64. The molecule has 0 aromatic heterocycles. The van der Waals surface area contributed by atoms with Gasteiger partial charge in [-0.05, 0) is 24.6 Å². The quantitative estimate of drug-likeness (QED) is 0.571. The number of carbonyl (C=O) groups is 1. The van der Waals surface area contributed by atoms with Crippen LogP contribution in [0.2, 0.25) is 0 Å². The highest BCUT2D eigenvalue weighted by molar-refractivity contribution is 5.95. The van der Waals surface area contributed by atoms with Gasteiger partial charge in [0.05, 0.1) is 17.5 Å². The van der Waals surface area contributed by atoms with E-state index in [1.165, 1.54) is 0 Å². The van der Waals surface area contributed by atoms with Crippen molar-refractivity contribution >= 4 is 17.3 Å². The Balaban J connectivity index is 2.73. The topological polar surface area (TPSA) is 87.4 Å². The van der Waals surface area contributed by atoms with E-state index >= 15 is 0 Å². The zero-order valence-electron chi connectivity index (χ0n) is 10.2. The molecular weight excluding hydrogens is 218 g/mol. The highest BCUT2D eigenvalue weighted by Gasteiger charge is 2.07. The van der Waals surface area contributed by atoms with E-state index in [4.69, 9.17) is 5.73 Å². The highest BCUT2D eigenvalue weighted by atomic mass is 16.3. The van der Waals surface area contributed by atoms with Gasteiger partial charge in [-0.2, -0.15) is 0 Å². The van der Waals surface area contributed by atoms with Crippen molar-refractivity contribution in [3.63, 3.8) is 0 Å². The van der Waals surface area contributed by atoms with Crippen molar-refractivity contribution in [3.8, 4) is 0 Å². The van der Waals surface area contributed by atoms with Gasteiger partial charge in [0.2, 0.25) is 0 Å². The number of anilines is 2. The fourth-order valence-electron chi connectivity index (χ4n) is 1.38. The molecule has 1 amide bonds. The summed E-state index contributed by atoms with van der Waals surface area (Å²) in [6, 6.07) is 5.04. The molecule has 0 saturated heterocycles. The van der Waals surface area contributed by atoms with Gasteiger partial charge in [-0.15, -0.1) is 0 Å². The van der Waals surface area contributed by atoms with E-state index in [9.17, 15) is 9.90 Å². The number of aliphatic hydroxyl groups excluding tert-OH is 1. The molecule has 0 spiro atoms. The summed E-state index contributed by atoms with van der Waals surface area (Å²) < 4.78 is 0. The Bertz CT molecular complexity index is 393. The molecule has 5 nitrogen and oxygen atoms in total. The van der Waals surface area contributed by atoms with Crippen LogP contribution in [0.15, 0.2) is 18.2 Å². The number of rotatable bonds is 5. The number of nitrogens with two attached hydrogens (primary N) is 1. The van der Waals surface area contributed by atoms with Crippen molar-refractivity contribution in [3.05, 3.63) is 23.8 Å². The predicted molar refractivity (Wildman–Crippen MR) is 69.0 cm³/mol. The third-order valence-corrected chi connectivity index (χ3v) is 2.54. The van der Waals surface area contributed by atoms with Crippen molar-refractivity contribution in [1.82, 2.24) is 5.32 Å². The molecule has 17 heavy (non-hydrogen) atoms. The smallest absolute Gasteiger partial charge is 0.251 e. The summed E-state index contributed by atoms with van der Waals surface area (Å²) in [5.41, 5.74) is 7.56. The number of benzene rings is 1. The molecule has 0 heterocycles. The molecule has 1 aromatic carbocycles. The Kier molecular flexibility index (Phi) is 4.78. The summed E-state index contributed by atoms with van der Waals surface area (Å²) >= 11 is 0. The largest absolute Gasteiger partial charge is 0.397 e. The van der Waals surface area contributed by atoms with E-state index < -0.39 is 6.10 Å². The monoisotopic (exact) mass is 237 g/mol. The second-order valence-electron chi connectivity index (χ2n) is 3.82. The van der Waals surface area contributed by atoms with Crippen molar-refractivity contribution in [2.75, 3.05) is 24.6 Å². The second-order valence-corrected chi connectivity index (χ2v) is 3.82. The lowest BCUT2D eigenvalue weighted by Gasteiger charge is -2.13. The van der Waals surface area contributed by atoms with Crippen LogP contribution in [0.4, 0.5) is 11.4 Å². The van der Waals surface area contributed by atoms with Gasteiger partial charge in [0.15, 0.2) is 0 Å². The van der Waals surface area contributed by atoms with Crippen molar-refractivity contribution in [1.29, 1.82) is 0 Å². The molecule has 0 saturated carbocycles. The van der Waals surface area contributed by atoms with Crippen LogP contribution in [0.3, 0.4) is 0 Å². The van der Waals surface area contributed by atoms with Crippen LogP contribution in [-0.4, -0.2) is 30.7 Å². The van der Waals surface area contributed by atoms with Gasteiger partial charge in [-0.25, -0.2) is 0 Å². The van der Waals surface area contributed by atoms with E-state index in [-0.39, 0.29) is 5.91 Å². The first kappa shape index (κ1) is 13.3. The average Bonchev–Trinajstić information content (AvgIpc) is 2.35. The molecule has 0 fully saturated rings. The summed E-state index contributed by atoms with van der Waals surface area (Å²) in [7, 11) is 1.57. The van der Waals surface area contributed by atoms with Crippen LogP contribution >= 0.6 is 0 Å². The summed E-state index contributed by atoms with van der Waals surface area (Å²) in [6.45, 7) is 2.35. The zero-order chi connectivity index (χ0) is 12.8. The lowest BCUT2D eigenvalue weighted by molar-refractivity contribution is 0.0963. The van der Waals surface area contributed by atoms with E-state index in [1.54, 1.807) is 25.2 Å². The van der Waals surface area contributed by atoms with Gasteiger partial charge < -0.3 is 21.5 Å². The number of nitrogen functional groups attached to an aromatic ring is 1. The molecule has 1 atom stereocenters. The van der Waals surface area contributed by atoms with Crippen LogP contribution in [0.25, 0.3) is 0 Å². The summed E-state index contributed by atoms with van der Waals surface area (Å²) in [5, 5.41) is 15.0. The van der Waals surface area contributed by atoms with Crippen LogP contribution in [-0.2, 0) is 0 Å². The standard InChI is InChI=1S/C12H19N3O2/c1-3-9(16)7-15-11-5-4-8(6-10(11)13)12(17)14-2/h4-6,9,15-16H,3,7,13H2,1-2H3,(H,14,17). The molecule has 1 unspecified atom stereocenters. The first-order valence-electron chi connectivity index (χ1n) is 5.62. The molecule has 0 aliphatic carbocycles. The van der Waals surface area contributed by atoms with Gasteiger partial charge in [-0.3, -0.25) is 4.79 Å². The minimum absolute atomic E-state index is 0.170. The summed E-state index contributed by atoms with van der Waals surface area (Å²) in [6.07, 6.45) is 0.288. The minimum Gasteiger partial charge on any atom is -0.397 e. The maximum atomic E-state index is 11.4. The fourth-order valence-corrected chi connectivity index (χ4v) is 1.38. The van der Waals surface area contributed by atoms with Gasteiger partial charge >= 0.3 is 0 Å². The number of aliphatic hydroxyl groups is 1. The number of nitrogens with one attached hydrogen (secondary N) is 2. The number of carbonyl (C=O) groups excluding carboxylic acids is 1. The van der Waals surface area contributed by atoms with Gasteiger partial charge in [0.25, 0.3) is 5.91 Å². The van der Waals surface area contributed by atoms with Crippen LogP contribution in [0, 0.1) is 0 Å². The molecule has 5 N–H and O–H groups in total. The van der Waals surface area contributed by atoms with Gasteiger partial charge in [0.1, 0.15) is 0 Å². The van der Waals surface area contributed by atoms with Crippen molar-refractivity contribution < 1.29 is 9.90 Å². The first-order valence-corrected chi connectivity index (χ1v) is 5.62. The predicted octanol–water partition coefficient (Wildman–Crippen LogP) is 0.811. The molecule has 1 rings (SSSR count). The normalized spacial score (nSPS) is 11.9. The molecule has 0 aliphatic heterocycles. The molecule has 0 radical (unpaired) electrons. The van der Waals surface area contributed by atoms with E-state index in [1.807, 2.05) is 6.92 Å². The lowest BCUT2D eigenvalue weighted by Crippen LogP contribution is -2.20. The Morgan fingerprint density at radius 3 is 2.76 bits per heavy atom. The van der Waals surface area contributed by atoms with Gasteiger partial charge in [-0.1, -0.05) is 6.92 Å². The Morgan fingerprint density at radius 1 is 1.53 bits per heavy atom. The molecular formula is C12H19N3O2. The maximum absolute atomic E-state index is 11.4. The molecule has 94 valence electrons. The first-order chi connectivity index (χ1) is 8.08. The minimum atomic E-state index is -0.395. The second kappa shape index (κ2) is 6.10. The lowest BCUT2D eigenvalue weighted by atomic mass is 10.1. The zero-order valence-corrected chi connectivity index (χ0v) is 10.2. The average molecular weight is 237 g/mol.